The summed E-state index contributed by atoms with van der Waals surface area (Å²) in [4.78, 5) is 0. The molecule has 0 bridgehead atoms. The van der Waals surface area contributed by atoms with Crippen LogP contribution in [0.4, 0.5) is 13.2 Å². The lowest BCUT2D eigenvalue weighted by atomic mass is 9.95. The normalized spacial score (nSPS) is 11.7. The molecule has 0 saturated heterocycles. The maximum atomic E-state index is 14.8. The number of rotatable bonds is 7. The van der Waals surface area contributed by atoms with Gasteiger partial charge in [-0.2, -0.15) is 23.7 Å². The smallest absolute Gasteiger partial charge is 0.308 e. The van der Waals surface area contributed by atoms with Crippen molar-refractivity contribution in [3.63, 3.8) is 0 Å². The maximum absolute atomic E-state index is 14.8. The summed E-state index contributed by atoms with van der Waals surface area (Å²) in [5.41, 5.74) is 16.7. The van der Waals surface area contributed by atoms with Crippen LogP contribution in [0.25, 0.3) is 111 Å². The predicted octanol–water partition coefficient (Wildman–Crippen LogP) is 18.2. The van der Waals surface area contributed by atoms with Crippen LogP contribution in [0.3, 0.4) is 0 Å². The first-order chi connectivity index (χ1) is 35.8. The highest BCUT2D eigenvalue weighted by molar-refractivity contribution is 6.14. The zero-order valence-corrected chi connectivity index (χ0v) is 41.0. The Labute approximate surface area is 426 Å². The summed E-state index contributed by atoms with van der Waals surface area (Å²) in [6.45, 7) is 8.25. The molecular formula is C67H45F3N4. The van der Waals surface area contributed by atoms with Gasteiger partial charge in [-0.25, -0.2) is 0 Å². The van der Waals surface area contributed by atoms with Gasteiger partial charge in [0.25, 0.3) is 0 Å². The van der Waals surface area contributed by atoms with Gasteiger partial charge in [-0.15, -0.1) is 0 Å². The van der Waals surface area contributed by atoms with Gasteiger partial charge in [0.05, 0.1) is 50.6 Å². The maximum Gasteiger partial charge on any atom is 0.416 e. The average Bonchev–Trinajstić information content (AvgIpc) is 3.95. The zero-order valence-electron chi connectivity index (χ0n) is 41.0. The number of benzene rings is 10. The fourth-order valence-electron chi connectivity index (χ4n) is 10.6. The van der Waals surface area contributed by atoms with Crippen LogP contribution >= 0.6 is 0 Å². The van der Waals surface area contributed by atoms with Gasteiger partial charge in [0, 0.05) is 27.1 Å². The number of nitrogens with zero attached hydrogens (tertiary/aromatic N) is 4. The SMILES string of the molecule is Cc1ccc(-c2ccc3c(c2)c2cc(-c4ccc(C)cc4)ccc2n3-c2ccc(-c3cc(C#N)cc(C(F)(F)F)c3)c(-n3c4ccc(-c5ccc(C)cc5)cc4c4cc(-c5ccc(C)cc5)ccc43)c2C#N)cc1. The van der Waals surface area contributed by atoms with E-state index in [1.165, 1.54) is 6.07 Å². The third-order valence-corrected chi connectivity index (χ3v) is 14.5. The minimum Gasteiger partial charge on any atom is -0.308 e. The minimum absolute atomic E-state index is 0.146. The van der Waals surface area contributed by atoms with E-state index in [4.69, 9.17) is 0 Å². The largest absolute Gasteiger partial charge is 0.416 e. The summed E-state index contributed by atoms with van der Waals surface area (Å²) in [5, 5.41) is 25.9. The van der Waals surface area contributed by atoms with Gasteiger partial charge in [-0.05, 0) is 151 Å². The van der Waals surface area contributed by atoms with E-state index in [2.05, 4.69) is 196 Å². The van der Waals surface area contributed by atoms with Crippen LogP contribution in [-0.2, 0) is 6.18 Å². The summed E-state index contributed by atoms with van der Waals surface area (Å²) in [7, 11) is 0. The highest BCUT2D eigenvalue weighted by Crippen LogP contribution is 2.45. The molecule has 0 N–H and O–H groups in total. The number of hydrogen-bond donors (Lipinski definition) is 0. The Balaban J connectivity index is 1.20. The van der Waals surface area contributed by atoms with E-state index in [9.17, 15) is 23.7 Å². The first kappa shape index (κ1) is 45.7. The first-order valence-corrected chi connectivity index (χ1v) is 24.5. The van der Waals surface area contributed by atoms with Crippen molar-refractivity contribution >= 4 is 43.6 Å². The Morgan fingerprint density at radius 3 is 1.04 bits per heavy atom. The molecule has 10 aromatic carbocycles. The Kier molecular flexibility index (Phi) is 10.9. The second-order valence-electron chi connectivity index (χ2n) is 19.4. The van der Waals surface area contributed by atoms with Gasteiger partial charge >= 0.3 is 6.18 Å². The number of aryl methyl sites for hydroxylation is 4. The van der Waals surface area contributed by atoms with Crippen molar-refractivity contribution in [1.29, 1.82) is 10.5 Å². The third kappa shape index (κ3) is 7.87. The quantitative estimate of drug-likeness (QED) is 0.160. The molecule has 0 unspecified atom stereocenters. The van der Waals surface area contributed by atoms with Crippen LogP contribution in [0, 0.1) is 50.4 Å². The lowest BCUT2D eigenvalue weighted by molar-refractivity contribution is -0.137. The van der Waals surface area contributed by atoms with Gasteiger partial charge in [0.15, 0.2) is 0 Å². The van der Waals surface area contributed by atoms with Crippen LogP contribution in [-0.4, -0.2) is 9.13 Å². The van der Waals surface area contributed by atoms with E-state index in [-0.39, 0.29) is 16.7 Å². The second-order valence-corrected chi connectivity index (χ2v) is 19.4. The third-order valence-electron chi connectivity index (χ3n) is 14.5. The molecule has 12 aromatic rings. The van der Waals surface area contributed by atoms with E-state index in [0.29, 0.717) is 16.9 Å². The van der Waals surface area contributed by atoms with E-state index < -0.39 is 11.7 Å². The monoisotopic (exact) mass is 962 g/mol. The first-order valence-electron chi connectivity index (χ1n) is 24.5. The van der Waals surface area contributed by atoms with E-state index in [0.717, 1.165) is 123 Å². The second kappa shape index (κ2) is 17.7. The molecule has 354 valence electrons. The van der Waals surface area contributed by atoms with Gasteiger partial charge in [0.1, 0.15) is 11.6 Å². The standard InChI is InChI=1S/C67H45F3N4/c1-40-5-13-45(14-6-40)49-21-26-61-56(34-49)57-35-50(46-15-7-41(2)8-16-46)22-27-62(57)73(61)65-30-25-55(53-31-44(38-71)32-54(33-53)67(68,69)70)66(60(65)39-72)74-63-28-23-51(47-17-9-42(3)10-18-47)36-58(63)59-37-52(24-29-64(59)74)48-19-11-43(4)12-20-48/h5-37H,1-4H3. The fourth-order valence-corrected chi connectivity index (χ4v) is 10.6. The number of fused-ring (bicyclic) bond motifs is 6. The number of halogens is 3. The van der Waals surface area contributed by atoms with E-state index >= 15 is 0 Å². The molecule has 0 radical (unpaired) electrons. The molecule has 0 saturated carbocycles. The molecule has 12 rings (SSSR count). The van der Waals surface area contributed by atoms with Crippen LogP contribution in [0.2, 0.25) is 0 Å². The number of nitriles is 2. The molecule has 74 heavy (non-hydrogen) atoms. The molecule has 0 aliphatic heterocycles. The van der Waals surface area contributed by atoms with Crippen molar-refractivity contribution in [2.75, 3.05) is 0 Å². The van der Waals surface area contributed by atoms with Crippen molar-refractivity contribution in [3.8, 4) is 79.1 Å². The lowest BCUT2D eigenvalue weighted by Gasteiger charge is -2.21. The molecule has 2 aromatic heterocycles. The van der Waals surface area contributed by atoms with Crippen molar-refractivity contribution < 1.29 is 13.2 Å². The zero-order chi connectivity index (χ0) is 51.0. The summed E-state index contributed by atoms with van der Waals surface area (Å²) in [5.74, 6) is 0. The number of hydrogen-bond acceptors (Lipinski definition) is 2. The highest BCUT2D eigenvalue weighted by Gasteiger charge is 2.33. The molecule has 2 heterocycles. The van der Waals surface area contributed by atoms with E-state index in [1.807, 2.05) is 28.8 Å². The van der Waals surface area contributed by atoms with Crippen LogP contribution in [0.15, 0.2) is 200 Å². The van der Waals surface area contributed by atoms with Gasteiger partial charge < -0.3 is 9.13 Å². The molecule has 0 spiro atoms. The number of aromatic nitrogens is 2. The number of alkyl halides is 3. The van der Waals surface area contributed by atoms with Crippen molar-refractivity contribution in [1.82, 2.24) is 9.13 Å². The Morgan fingerprint density at radius 1 is 0.351 bits per heavy atom. The van der Waals surface area contributed by atoms with Crippen LogP contribution < -0.4 is 0 Å². The summed E-state index contributed by atoms with van der Waals surface area (Å²) in [6.07, 6.45) is -4.75. The Morgan fingerprint density at radius 2 is 0.703 bits per heavy atom. The molecule has 7 heteroatoms. The average molecular weight is 963 g/mol. The van der Waals surface area contributed by atoms with Gasteiger partial charge in [-0.3, -0.25) is 0 Å². The Hall–Kier alpha value is -9.43. The molecule has 0 aliphatic carbocycles. The van der Waals surface area contributed by atoms with Crippen LogP contribution in [0.1, 0.15) is 38.9 Å². The molecule has 0 atom stereocenters. The molecule has 0 fully saturated rings. The summed E-state index contributed by atoms with van der Waals surface area (Å²) >= 11 is 0. The highest BCUT2D eigenvalue weighted by atomic mass is 19.4. The van der Waals surface area contributed by atoms with Crippen molar-refractivity contribution in [2.45, 2.75) is 33.9 Å². The topological polar surface area (TPSA) is 57.4 Å². The van der Waals surface area contributed by atoms with Gasteiger partial charge in [-0.1, -0.05) is 150 Å². The van der Waals surface area contributed by atoms with Crippen LogP contribution in [0.5, 0.6) is 0 Å². The lowest BCUT2D eigenvalue weighted by Crippen LogP contribution is -2.08. The van der Waals surface area contributed by atoms with Crippen molar-refractivity contribution in [3.05, 3.63) is 239 Å². The molecule has 0 aliphatic rings. The van der Waals surface area contributed by atoms with Gasteiger partial charge in [0.2, 0.25) is 0 Å². The Bertz CT molecular complexity index is 4110. The molecule has 0 amide bonds. The fraction of sp³-hybridized carbons (Fsp3) is 0.0746. The summed E-state index contributed by atoms with van der Waals surface area (Å²) in [6, 6.07) is 70.6. The van der Waals surface area contributed by atoms with Crippen molar-refractivity contribution in [2.24, 2.45) is 0 Å². The predicted molar refractivity (Wildman–Crippen MR) is 296 cm³/mol. The molecule has 4 nitrogen and oxygen atoms in total. The minimum atomic E-state index is -4.75. The summed E-state index contributed by atoms with van der Waals surface area (Å²) < 4.78 is 48.6. The van der Waals surface area contributed by atoms with E-state index in [1.54, 1.807) is 6.07 Å². The molecular weight excluding hydrogens is 918 g/mol.